The summed E-state index contributed by atoms with van der Waals surface area (Å²) in [6.45, 7) is 2.46. The second-order valence-electron chi connectivity index (χ2n) is 7.34. The number of carbonyl (C=O) groups is 1. The van der Waals surface area contributed by atoms with Gasteiger partial charge >= 0.3 is 0 Å². The summed E-state index contributed by atoms with van der Waals surface area (Å²) in [7, 11) is -3.78. The second kappa shape index (κ2) is 8.51. The van der Waals surface area contributed by atoms with Gasteiger partial charge in [-0.05, 0) is 67.8 Å². The summed E-state index contributed by atoms with van der Waals surface area (Å²) in [6.07, 6.45) is 1.47. The number of para-hydroxylation sites is 2. The van der Waals surface area contributed by atoms with E-state index in [0.29, 0.717) is 23.5 Å². The van der Waals surface area contributed by atoms with Gasteiger partial charge in [-0.2, -0.15) is 0 Å². The molecule has 3 aromatic rings. The molecule has 1 heterocycles. The van der Waals surface area contributed by atoms with Crippen molar-refractivity contribution in [1.29, 1.82) is 0 Å². The summed E-state index contributed by atoms with van der Waals surface area (Å²) in [5.41, 5.74) is 2.01. The van der Waals surface area contributed by atoms with Crippen LogP contribution in [-0.4, -0.2) is 27.4 Å². The standard InChI is InChI=1S/C24H23FN2O3S/c1-2-27(20-10-4-3-5-11-20)31(29,30)21-15-13-19(14-16-21)24(28)26-17-7-9-18-8-6-12-22(25)23(18)26/h3-6,8,10-16H,2,7,9,17H2,1H3. The fourth-order valence-electron chi connectivity index (χ4n) is 3.94. The third kappa shape index (κ3) is 3.93. The number of rotatable bonds is 5. The lowest BCUT2D eigenvalue weighted by molar-refractivity contribution is 0.0984. The van der Waals surface area contributed by atoms with Crippen LogP contribution in [0, 0.1) is 5.82 Å². The molecule has 160 valence electrons. The molecule has 0 bridgehead atoms. The van der Waals surface area contributed by atoms with Crippen molar-refractivity contribution in [3.63, 3.8) is 0 Å². The highest BCUT2D eigenvalue weighted by Crippen LogP contribution is 2.31. The van der Waals surface area contributed by atoms with Gasteiger partial charge in [0.2, 0.25) is 0 Å². The van der Waals surface area contributed by atoms with Crippen LogP contribution in [0.25, 0.3) is 0 Å². The molecule has 0 N–H and O–H groups in total. The molecular weight excluding hydrogens is 415 g/mol. The molecule has 4 rings (SSSR count). The average molecular weight is 439 g/mol. The van der Waals surface area contributed by atoms with Crippen LogP contribution >= 0.6 is 0 Å². The Hall–Kier alpha value is -3.19. The third-order valence-corrected chi connectivity index (χ3v) is 7.35. The van der Waals surface area contributed by atoms with Gasteiger partial charge in [0, 0.05) is 18.7 Å². The molecule has 0 saturated carbocycles. The van der Waals surface area contributed by atoms with Gasteiger partial charge in [-0.25, -0.2) is 12.8 Å². The summed E-state index contributed by atoms with van der Waals surface area (Å²) in [4.78, 5) is 14.6. The number of benzene rings is 3. The van der Waals surface area contributed by atoms with E-state index in [1.165, 1.54) is 39.5 Å². The second-order valence-corrected chi connectivity index (χ2v) is 9.20. The van der Waals surface area contributed by atoms with E-state index < -0.39 is 15.8 Å². The molecule has 0 spiro atoms. The Morgan fingerprint density at radius 1 is 1.00 bits per heavy atom. The van der Waals surface area contributed by atoms with Crippen LogP contribution in [-0.2, 0) is 16.4 Å². The Kier molecular flexibility index (Phi) is 5.78. The number of nitrogens with zero attached hydrogens (tertiary/aromatic N) is 2. The SMILES string of the molecule is CCN(c1ccccc1)S(=O)(=O)c1ccc(C(=O)N2CCCc3cccc(F)c32)cc1. The van der Waals surface area contributed by atoms with E-state index in [0.717, 1.165) is 18.4 Å². The van der Waals surface area contributed by atoms with Crippen LogP contribution in [0.4, 0.5) is 15.8 Å². The highest BCUT2D eigenvalue weighted by Gasteiger charge is 2.28. The lowest BCUT2D eigenvalue weighted by atomic mass is 10.0. The molecular formula is C24H23FN2O3S. The molecule has 7 heteroatoms. The molecule has 0 atom stereocenters. The monoisotopic (exact) mass is 438 g/mol. The number of carbonyl (C=O) groups excluding carboxylic acids is 1. The maximum Gasteiger partial charge on any atom is 0.264 e. The molecule has 1 aliphatic heterocycles. The van der Waals surface area contributed by atoms with E-state index in [-0.39, 0.29) is 17.3 Å². The fourth-order valence-corrected chi connectivity index (χ4v) is 5.42. The Labute approximate surface area is 181 Å². The summed E-state index contributed by atoms with van der Waals surface area (Å²) in [5, 5.41) is 0. The number of aryl methyl sites for hydroxylation is 1. The third-order valence-electron chi connectivity index (χ3n) is 5.43. The zero-order valence-electron chi connectivity index (χ0n) is 17.2. The first-order valence-corrected chi connectivity index (χ1v) is 11.6. The Bertz CT molecular complexity index is 1200. The van der Waals surface area contributed by atoms with Crippen LogP contribution in [0.2, 0.25) is 0 Å². The largest absolute Gasteiger partial charge is 0.305 e. The smallest absolute Gasteiger partial charge is 0.264 e. The Balaban J connectivity index is 1.63. The minimum atomic E-state index is -3.78. The Morgan fingerprint density at radius 3 is 2.39 bits per heavy atom. The first kappa shape index (κ1) is 21.1. The maximum absolute atomic E-state index is 14.4. The first-order valence-electron chi connectivity index (χ1n) is 10.2. The van der Waals surface area contributed by atoms with Crippen LogP contribution < -0.4 is 9.21 Å². The number of hydrogen-bond donors (Lipinski definition) is 0. The van der Waals surface area contributed by atoms with Crippen molar-refractivity contribution in [1.82, 2.24) is 0 Å². The average Bonchev–Trinajstić information content (AvgIpc) is 2.79. The highest BCUT2D eigenvalue weighted by atomic mass is 32.2. The van der Waals surface area contributed by atoms with Gasteiger partial charge in [0.05, 0.1) is 16.3 Å². The number of sulfonamides is 1. The van der Waals surface area contributed by atoms with Gasteiger partial charge in [0.25, 0.3) is 15.9 Å². The predicted molar refractivity (Wildman–Crippen MR) is 119 cm³/mol. The van der Waals surface area contributed by atoms with Gasteiger partial charge in [-0.1, -0.05) is 30.3 Å². The van der Waals surface area contributed by atoms with Crippen molar-refractivity contribution in [3.8, 4) is 0 Å². The predicted octanol–water partition coefficient (Wildman–Crippen LogP) is 4.63. The van der Waals surface area contributed by atoms with Gasteiger partial charge in [0.15, 0.2) is 0 Å². The minimum absolute atomic E-state index is 0.0972. The van der Waals surface area contributed by atoms with E-state index in [1.807, 2.05) is 12.1 Å². The molecule has 0 aliphatic carbocycles. The molecule has 0 aromatic heterocycles. The van der Waals surface area contributed by atoms with Crippen molar-refractivity contribution < 1.29 is 17.6 Å². The van der Waals surface area contributed by atoms with Crippen molar-refractivity contribution in [2.75, 3.05) is 22.3 Å². The lowest BCUT2D eigenvalue weighted by Crippen LogP contribution is -2.36. The molecule has 0 unspecified atom stereocenters. The number of anilines is 2. The quantitative estimate of drug-likeness (QED) is 0.583. The van der Waals surface area contributed by atoms with Crippen LogP contribution in [0.15, 0.2) is 77.7 Å². The zero-order chi connectivity index (χ0) is 22.0. The molecule has 0 saturated heterocycles. The lowest BCUT2D eigenvalue weighted by Gasteiger charge is -2.30. The van der Waals surface area contributed by atoms with Gasteiger partial charge < -0.3 is 4.90 Å². The minimum Gasteiger partial charge on any atom is -0.305 e. The summed E-state index contributed by atoms with van der Waals surface area (Å²) < 4.78 is 42.0. The van der Waals surface area contributed by atoms with E-state index in [4.69, 9.17) is 0 Å². The fraction of sp³-hybridized carbons (Fsp3) is 0.208. The topological polar surface area (TPSA) is 57.7 Å². The van der Waals surface area contributed by atoms with Crippen molar-refractivity contribution in [2.24, 2.45) is 0 Å². The molecule has 1 aliphatic rings. The molecule has 0 fully saturated rings. The zero-order valence-corrected chi connectivity index (χ0v) is 18.0. The van der Waals surface area contributed by atoms with E-state index in [2.05, 4.69) is 0 Å². The van der Waals surface area contributed by atoms with Crippen LogP contribution in [0.5, 0.6) is 0 Å². The first-order chi connectivity index (χ1) is 14.9. The number of hydrogen-bond acceptors (Lipinski definition) is 3. The molecule has 1 amide bonds. The number of amides is 1. The maximum atomic E-state index is 14.4. The van der Waals surface area contributed by atoms with E-state index in [9.17, 15) is 17.6 Å². The van der Waals surface area contributed by atoms with Crippen LogP contribution in [0.1, 0.15) is 29.3 Å². The van der Waals surface area contributed by atoms with Gasteiger partial charge in [0.1, 0.15) is 5.82 Å². The summed E-state index contributed by atoms with van der Waals surface area (Å²) >= 11 is 0. The number of fused-ring (bicyclic) bond motifs is 1. The van der Waals surface area contributed by atoms with Crippen molar-refractivity contribution in [3.05, 3.63) is 89.7 Å². The van der Waals surface area contributed by atoms with Gasteiger partial charge in [-0.3, -0.25) is 9.10 Å². The van der Waals surface area contributed by atoms with Gasteiger partial charge in [-0.15, -0.1) is 0 Å². The molecule has 0 radical (unpaired) electrons. The molecule has 5 nitrogen and oxygen atoms in total. The molecule has 31 heavy (non-hydrogen) atoms. The normalized spacial score (nSPS) is 13.5. The van der Waals surface area contributed by atoms with E-state index in [1.54, 1.807) is 37.3 Å². The van der Waals surface area contributed by atoms with Crippen molar-refractivity contribution in [2.45, 2.75) is 24.7 Å². The van der Waals surface area contributed by atoms with E-state index >= 15 is 0 Å². The molecule has 3 aromatic carbocycles. The number of halogens is 1. The summed E-state index contributed by atoms with van der Waals surface area (Å²) in [6, 6.07) is 19.5. The highest BCUT2D eigenvalue weighted by molar-refractivity contribution is 7.92. The van der Waals surface area contributed by atoms with Crippen LogP contribution in [0.3, 0.4) is 0 Å². The Morgan fingerprint density at radius 2 is 1.71 bits per heavy atom. The van der Waals surface area contributed by atoms with Crippen molar-refractivity contribution >= 4 is 27.3 Å². The summed E-state index contributed by atoms with van der Waals surface area (Å²) in [5.74, 6) is -0.767.